The van der Waals surface area contributed by atoms with E-state index in [9.17, 15) is 0 Å². The van der Waals surface area contributed by atoms with E-state index in [2.05, 4.69) is 4.98 Å². The third kappa shape index (κ3) is 2.57. The molecule has 0 radical (unpaired) electrons. The highest BCUT2D eigenvalue weighted by atomic mass is 35.5. The van der Waals surface area contributed by atoms with Crippen molar-refractivity contribution in [3.63, 3.8) is 0 Å². The summed E-state index contributed by atoms with van der Waals surface area (Å²) in [5, 5.41) is 0.0666. The Balaban J connectivity index is 1.84. The summed E-state index contributed by atoms with van der Waals surface area (Å²) >= 11 is 6.38. The maximum atomic E-state index is 6.38. The number of pyridine rings is 1. The van der Waals surface area contributed by atoms with Crippen molar-refractivity contribution in [3.05, 3.63) is 23.5 Å². The maximum Gasteiger partial charge on any atom is 0.125 e. The minimum Gasteiger partial charge on any atom is -0.493 e. The summed E-state index contributed by atoms with van der Waals surface area (Å²) in [6.45, 7) is 0.864. The summed E-state index contributed by atoms with van der Waals surface area (Å²) in [6, 6.07) is 2.00. The van der Waals surface area contributed by atoms with Gasteiger partial charge in [0.2, 0.25) is 0 Å². The van der Waals surface area contributed by atoms with Gasteiger partial charge in [0.25, 0.3) is 0 Å². The first-order valence-corrected chi connectivity index (χ1v) is 7.03. The van der Waals surface area contributed by atoms with Crippen molar-refractivity contribution in [3.8, 4) is 5.75 Å². The lowest BCUT2D eigenvalue weighted by molar-refractivity contribution is 0.296. The summed E-state index contributed by atoms with van der Waals surface area (Å²) in [7, 11) is 0. The predicted octanol–water partition coefficient (Wildman–Crippen LogP) is 3.88. The largest absolute Gasteiger partial charge is 0.493 e. The fourth-order valence-electron chi connectivity index (χ4n) is 2.40. The van der Waals surface area contributed by atoms with Crippen LogP contribution in [0.5, 0.6) is 5.75 Å². The summed E-state index contributed by atoms with van der Waals surface area (Å²) in [5.74, 6) is 1.81. The molecule has 1 heterocycles. The first-order valence-electron chi connectivity index (χ1n) is 6.59. The van der Waals surface area contributed by atoms with Gasteiger partial charge in [0.05, 0.1) is 17.7 Å². The second kappa shape index (κ2) is 4.85. The number of hydrogen-bond acceptors (Lipinski definition) is 2. The molecule has 0 spiro atoms. The molecular weight excluding hydrogens is 234 g/mol. The Morgan fingerprint density at radius 3 is 3.00 bits per heavy atom. The van der Waals surface area contributed by atoms with Crippen LogP contribution < -0.4 is 4.74 Å². The summed E-state index contributed by atoms with van der Waals surface area (Å²) in [5.41, 5.74) is 2.31. The molecule has 1 saturated carbocycles. The van der Waals surface area contributed by atoms with Crippen LogP contribution in [0.4, 0.5) is 0 Å². The lowest BCUT2D eigenvalue weighted by Gasteiger charge is -2.14. The van der Waals surface area contributed by atoms with Gasteiger partial charge in [0, 0.05) is 11.8 Å². The highest BCUT2D eigenvalue weighted by Crippen LogP contribution is 2.37. The van der Waals surface area contributed by atoms with Crippen molar-refractivity contribution < 1.29 is 4.74 Å². The van der Waals surface area contributed by atoms with Crippen molar-refractivity contribution in [2.24, 2.45) is 5.92 Å². The van der Waals surface area contributed by atoms with E-state index in [1.165, 1.54) is 31.2 Å². The number of fused-ring (bicyclic) bond motifs is 1. The zero-order valence-corrected chi connectivity index (χ0v) is 10.7. The third-order valence-corrected chi connectivity index (χ3v) is 4.07. The molecular formula is C14H18ClNO. The van der Waals surface area contributed by atoms with Crippen molar-refractivity contribution in [1.29, 1.82) is 0 Å². The van der Waals surface area contributed by atoms with Gasteiger partial charge in [-0.2, -0.15) is 0 Å². The average molecular weight is 252 g/mol. The number of aromatic nitrogens is 1. The molecule has 2 aliphatic rings. The quantitative estimate of drug-likeness (QED) is 0.601. The number of halogens is 1. The first kappa shape index (κ1) is 11.3. The molecule has 1 aromatic heterocycles. The van der Waals surface area contributed by atoms with Crippen molar-refractivity contribution in [2.75, 3.05) is 6.61 Å². The molecule has 17 heavy (non-hydrogen) atoms. The molecule has 1 aromatic rings. The Bertz CT molecular complexity index is 403. The number of alkyl halides is 1. The molecule has 2 nitrogen and oxygen atoms in total. The second-order valence-electron chi connectivity index (χ2n) is 5.14. The van der Waals surface area contributed by atoms with Gasteiger partial charge in [-0.25, -0.2) is 0 Å². The average Bonchev–Trinajstić information content (AvgIpc) is 3.16. The van der Waals surface area contributed by atoms with Crippen LogP contribution in [0.3, 0.4) is 0 Å². The number of nitrogens with zero attached hydrogens (tertiary/aromatic N) is 1. The molecule has 1 unspecified atom stereocenters. The number of hydrogen-bond donors (Lipinski definition) is 0. The number of rotatable bonds is 3. The molecule has 0 N–H and O–H groups in total. The molecule has 1 atom stereocenters. The second-order valence-corrected chi connectivity index (χ2v) is 5.67. The summed E-state index contributed by atoms with van der Waals surface area (Å²) in [4.78, 5) is 4.45. The van der Waals surface area contributed by atoms with Crippen LogP contribution in [0.15, 0.2) is 12.3 Å². The van der Waals surface area contributed by atoms with Crippen LogP contribution in [0.2, 0.25) is 0 Å². The molecule has 2 aliphatic carbocycles. The van der Waals surface area contributed by atoms with Gasteiger partial charge < -0.3 is 4.74 Å². The van der Waals surface area contributed by atoms with Crippen LogP contribution in [-0.2, 0) is 6.42 Å². The molecule has 0 amide bonds. The molecule has 0 aromatic carbocycles. The molecule has 0 saturated heterocycles. The Labute approximate surface area is 107 Å². The Hall–Kier alpha value is -0.760. The highest BCUT2D eigenvalue weighted by Gasteiger charge is 2.24. The SMILES string of the molecule is ClC1CCCCc2c(OCC3CC3)ccnc21. The lowest BCUT2D eigenvalue weighted by atomic mass is 10.1. The minimum atomic E-state index is 0.0666. The fourth-order valence-corrected chi connectivity index (χ4v) is 2.74. The molecule has 0 aliphatic heterocycles. The van der Waals surface area contributed by atoms with E-state index in [4.69, 9.17) is 16.3 Å². The van der Waals surface area contributed by atoms with Crippen LogP contribution in [0, 0.1) is 5.92 Å². The van der Waals surface area contributed by atoms with Gasteiger partial charge in [0.1, 0.15) is 5.75 Å². The van der Waals surface area contributed by atoms with Gasteiger partial charge in [0.15, 0.2) is 0 Å². The monoisotopic (exact) mass is 251 g/mol. The molecule has 1 fully saturated rings. The summed E-state index contributed by atoms with van der Waals surface area (Å²) < 4.78 is 5.93. The van der Waals surface area contributed by atoms with E-state index in [0.717, 1.165) is 36.8 Å². The van der Waals surface area contributed by atoms with Gasteiger partial charge in [-0.05, 0) is 44.1 Å². The van der Waals surface area contributed by atoms with E-state index >= 15 is 0 Å². The predicted molar refractivity (Wildman–Crippen MR) is 68.6 cm³/mol. The normalized spacial score (nSPS) is 23.9. The molecule has 3 rings (SSSR count). The molecule has 3 heteroatoms. The van der Waals surface area contributed by atoms with E-state index in [1.54, 1.807) is 0 Å². The van der Waals surface area contributed by atoms with Crippen molar-refractivity contribution in [2.45, 2.75) is 43.9 Å². The topological polar surface area (TPSA) is 22.1 Å². The molecule has 0 bridgehead atoms. The van der Waals surface area contributed by atoms with Crippen molar-refractivity contribution >= 4 is 11.6 Å². The zero-order valence-electron chi connectivity index (χ0n) is 9.99. The third-order valence-electron chi connectivity index (χ3n) is 3.65. The van der Waals surface area contributed by atoms with Crippen LogP contribution in [0.1, 0.15) is 48.7 Å². The van der Waals surface area contributed by atoms with Crippen LogP contribution >= 0.6 is 11.6 Å². The van der Waals surface area contributed by atoms with Gasteiger partial charge in [-0.15, -0.1) is 11.6 Å². The van der Waals surface area contributed by atoms with Gasteiger partial charge in [-0.1, -0.05) is 6.42 Å². The van der Waals surface area contributed by atoms with Gasteiger partial charge >= 0.3 is 0 Å². The van der Waals surface area contributed by atoms with Crippen LogP contribution in [-0.4, -0.2) is 11.6 Å². The van der Waals surface area contributed by atoms with E-state index in [1.807, 2.05) is 12.3 Å². The standard InChI is InChI=1S/C14H18ClNO/c15-12-4-2-1-3-11-13(7-8-16-14(11)12)17-9-10-5-6-10/h7-8,10,12H,1-6,9H2. The van der Waals surface area contributed by atoms with Gasteiger partial charge in [-0.3, -0.25) is 4.98 Å². The van der Waals surface area contributed by atoms with Crippen LogP contribution in [0.25, 0.3) is 0 Å². The maximum absolute atomic E-state index is 6.38. The van der Waals surface area contributed by atoms with E-state index in [-0.39, 0.29) is 5.38 Å². The van der Waals surface area contributed by atoms with E-state index in [0.29, 0.717) is 0 Å². The first-order chi connectivity index (χ1) is 8.34. The lowest BCUT2D eigenvalue weighted by Crippen LogP contribution is -2.05. The van der Waals surface area contributed by atoms with E-state index < -0.39 is 0 Å². The number of ether oxygens (including phenoxy) is 1. The molecule has 92 valence electrons. The zero-order chi connectivity index (χ0) is 11.7. The Morgan fingerprint density at radius 1 is 1.29 bits per heavy atom. The Morgan fingerprint density at radius 2 is 2.18 bits per heavy atom. The smallest absolute Gasteiger partial charge is 0.125 e. The van der Waals surface area contributed by atoms with Crippen molar-refractivity contribution in [1.82, 2.24) is 4.98 Å². The highest BCUT2D eigenvalue weighted by molar-refractivity contribution is 6.20. The minimum absolute atomic E-state index is 0.0666. The Kier molecular flexibility index (Phi) is 3.24. The summed E-state index contributed by atoms with van der Waals surface area (Å²) in [6.07, 6.45) is 8.97. The fraction of sp³-hybridized carbons (Fsp3) is 0.643.